The Balaban J connectivity index is 0.000000127. The average Bonchev–Trinajstić information content (AvgIpc) is 3.55. The maximum absolute atomic E-state index is 5.50. The summed E-state index contributed by atoms with van der Waals surface area (Å²) in [6.07, 6.45) is 3.62. The summed E-state index contributed by atoms with van der Waals surface area (Å²) in [6.45, 7) is 0. The normalized spacial score (nSPS) is 11.4. The number of aromatic nitrogens is 4. The second-order valence-corrected chi connectivity index (χ2v) is 9.14. The van der Waals surface area contributed by atoms with Crippen molar-refractivity contribution < 1.29 is 9.47 Å². The minimum absolute atomic E-state index is 0.861. The van der Waals surface area contributed by atoms with Crippen LogP contribution in [0.1, 0.15) is 0 Å². The van der Waals surface area contributed by atoms with E-state index in [0.29, 0.717) is 0 Å². The highest BCUT2D eigenvalue weighted by atomic mass is 16.5. The van der Waals surface area contributed by atoms with Gasteiger partial charge in [0.25, 0.3) is 0 Å². The zero-order chi connectivity index (χ0) is 25.6. The van der Waals surface area contributed by atoms with Crippen LogP contribution in [-0.2, 0) is 0 Å². The monoisotopic (exact) mass is 496 g/mol. The number of pyridine rings is 2. The summed E-state index contributed by atoms with van der Waals surface area (Å²) in [4.78, 5) is 15.9. The molecule has 38 heavy (non-hydrogen) atoms. The zero-order valence-electron chi connectivity index (χ0n) is 20.9. The van der Waals surface area contributed by atoms with Crippen molar-refractivity contribution in [1.82, 2.24) is 19.9 Å². The van der Waals surface area contributed by atoms with Crippen LogP contribution in [0.15, 0.2) is 97.3 Å². The molecule has 4 aromatic heterocycles. The molecule has 0 atom stereocenters. The number of fused-ring (bicyclic) bond motifs is 10. The molecule has 0 spiro atoms. The third kappa shape index (κ3) is 3.34. The Labute approximate surface area is 217 Å². The maximum atomic E-state index is 5.50. The molecule has 8 rings (SSSR count). The van der Waals surface area contributed by atoms with E-state index < -0.39 is 0 Å². The predicted molar refractivity (Wildman–Crippen MR) is 155 cm³/mol. The van der Waals surface area contributed by atoms with Crippen molar-refractivity contribution in [3.05, 3.63) is 97.3 Å². The van der Waals surface area contributed by atoms with Gasteiger partial charge >= 0.3 is 0 Å². The lowest BCUT2D eigenvalue weighted by Crippen LogP contribution is -1.87. The summed E-state index contributed by atoms with van der Waals surface area (Å²) in [5.41, 5.74) is 6.28. The molecule has 0 aliphatic heterocycles. The molecular formula is C32H24N4O2. The summed E-state index contributed by atoms with van der Waals surface area (Å²) >= 11 is 0. The van der Waals surface area contributed by atoms with Gasteiger partial charge in [-0.25, -0.2) is 0 Å². The molecule has 8 aromatic rings. The third-order valence-corrected chi connectivity index (χ3v) is 7.10. The zero-order valence-corrected chi connectivity index (χ0v) is 20.9. The van der Waals surface area contributed by atoms with Crippen molar-refractivity contribution in [3.63, 3.8) is 0 Å². The molecule has 6 nitrogen and oxygen atoms in total. The van der Waals surface area contributed by atoms with E-state index >= 15 is 0 Å². The van der Waals surface area contributed by atoms with Crippen LogP contribution in [0.25, 0.3) is 65.4 Å². The summed E-state index contributed by atoms with van der Waals surface area (Å²) in [5, 5.41) is 6.76. The lowest BCUT2D eigenvalue weighted by Gasteiger charge is -2.05. The van der Waals surface area contributed by atoms with Crippen molar-refractivity contribution in [1.29, 1.82) is 0 Å². The van der Waals surface area contributed by atoms with E-state index in [-0.39, 0.29) is 0 Å². The van der Waals surface area contributed by atoms with E-state index in [1.54, 1.807) is 14.2 Å². The van der Waals surface area contributed by atoms with Gasteiger partial charge in [0, 0.05) is 55.7 Å². The van der Waals surface area contributed by atoms with Gasteiger partial charge < -0.3 is 19.4 Å². The van der Waals surface area contributed by atoms with Gasteiger partial charge in [-0.1, -0.05) is 36.4 Å². The first-order valence-electron chi connectivity index (χ1n) is 12.4. The first kappa shape index (κ1) is 22.1. The molecule has 0 saturated heterocycles. The van der Waals surface area contributed by atoms with Gasteiger partial charge in [0.15, 0.2) is 0 Å². The first-order chi connectivity index (χ1) is 18.8. The summed E-state index contributed by atoms with van der Waals surface area (Å²) in [7, 11) is 3.39. The maximum Gasteiger partial charge on any atom is 0.129 e. The number of hydrogen-bond acceptors (Lipinski definition) is 4. The van der Waals surface area contributed by atoms with Crippen LogP contribution >= 0.6 is 0 Å². The lowest BCUT2D eigenvalue weighted by atomic mass is 10.1. The van der Waals surface area contributed by atoms with E-state index in [9.17, 15) is 0 Å². The molecule has 6 heteroatoms. The standard InChI is InChI=1S/2C16H12N2O/c2*1-19-14-9-12-10-5-2-3-7-13(10)18-16(12)15-11(14)6-4-8-17-15/h2*2-9,18H,1H3. The van der Waals surface area contributed by atoms with E-state index in [2.05, 4.69) is 56.3 Å². The van der Waals surface area contributed by atoms with Crippen LogP contribution in [0.4, 0.5) is 0 Å². The number of hydrogen-bond donors (Lipinski definition) is 2. The molecule has 0 fully saturated rings. The van der Waals surface area contributed by atoms with Gasteiger partial charge in [0.05, 0.1) is 36.3 Å². The van der Waals surface area contributed by atoms with Crippen LogP contribution in [0.3, 0.4) is 0 Å². The van der Waals surface area contributed by atoms with E-state index in [1.165, 1.54) is 10.8 Å². The summed E-state index contributed by atoms with van der Waals surface area (Å²) < 4.78 is 11.0. The van der Waals surface area contributed by atoms with Crippen LogP contribution in [0.5, 0.6) is 11.5 Å². The van der Waals surface area contributed by atoms with Gasteiger partial charge in [0.2, 0.25) is 0 Å². The highest BCUT2D eigenvalue weighted by molar-refractivity contribution is 6.18. The number of rotatable bonds is 2. The minimum atomic E-state index is 0.861. The quantitative estimate of drug-likeness (QED) is 0.256. The predicted octanol–water partition coefficient (Wildman–Crippen LogP) is 7.76. The lowest BCUT2D eigenvalue weighted by molar-refractivity contribution is 0.420. The molecule has 4 aromatic carbocycles. The van der Waals surface area contributed by atoms with Crippen molar-refractivity contribution in [2.24, 2.45) is 0 Å². The molecule has 0 saturated carbocycles. The molecule has 4 heterocycles. The SMILES string of the molecule is COc1cc2c3ccccc3[nH]c2c2ncccc12.COc1cc2c3ccccc3[nH]c2c2ncccc12. The Morgan fingerprint density at radius 1 is 0.500 bits per heavy atom. The first-order valence-corrected chi connectivity index (χ1v) is 12.4. The fourth-order valence-electron chi connectivity index (χ4n) is 5.36. The van der Waals surface area contributed by atoms with Gasteiger partial charge in [-0.2, -0.15) is 0 Å². The number of H-pyrrole nitrogens is 2. The molecule has 0 unspecified atom stereocenters. The van der Waals surface area contributed by atoms with Crippen molar-refractivity contribution in [2.75, 3.05) is 14.2 Å². The Morgan fingerprint density at radius 2 is 0.921 bits per heavy atom. The smallest absolute Gasteiger partial charge is 0.129 e. The molecule has 0 amide bonds. The molecule has 0 radical (unpaired) electrons. The number of para-hydroxylation sites is 2. The Bertz CT molecular complexity index is 1970. The van der Waals surface area contributed by atoms with Crippen molar-refractivity contribution in [2.45, 2.75) is 0 Å². The topological polar surface area (TPSA) is 75.8 Å². The van der Waals surface area contributed by atoms with Crippen LogP contribution in [-0.4, -0.2) is 34.2 Å². The summed E-state index contributed by atoms with van der Waals surface area (Å²) in [6, 6.07) is 28.6. The third-order valence-electron chi connectivity index (χ3n) is 7.10. The fraction of sp³-hybridized carbons (Fsp3) is 0.0625. The molecule has 2 N–H and O–H groups in total. The second kappa shape index (κ2) is 8.78. The number of nitrogens with zero attached hydrogens (tertiary/aromatic N) is 2. The molecule has 0 aliphatic rings. The Morgan fingerprint density at radius 3 is 1.37 bits per heavy atom. The second-order valence-electron chi connectivity index (χ2n) is 9.14. The highest BCUT2D eigenvalue weighted by Crippen LogP contribution is 2.37. The summed E-state index contributed by atoms with van der Waals surface area (Å²) in [5.74, 6) is 1.72. The largest absolute Gasteiger partial charge is 0.496 e. The van der Waals surface area contributed by atoms with Gasteiger partial charge in [-0.15, -0.1) is 0 Å². The van der Waals surface area contributed by atoms with Crippen molar-refractivity contribution in [3.8, 4) is 11.5 Å². The van der Waals surface area contributed by atoms with Gasteiger partial charge in [-0.05, 0) is 48.5 Å². The van der Waals surface area contributed by atoms with E-state index in [0.717, 1.165) is 66.1 Å². The fourth-order valence-corrected chi connectivity index (χ4v) is 5.36. The molecule has 184 valence electrons. The van der Waals surface area contributed by atoms with Crippen LogP contribution in [0.2, 0.25) is 0 Å². The van der Waals surface area contributed by atoms with Crippen LogP contribution < -0.4 is 9.47 Å². The Kier molecular flexibility index (Phi) is 5.11. The van der Waals surface area contributed by atoms with Crippen LogP contribution in [0, 0.1) is 0 Å². The number of benzene rings is 4. The molecular weight excluding hydrogens is 472 g/mol. The van der Waals surface area contributed by atoms with Gasteiger partial charge in [-0.3, -0.25) is 9.97 Å². The average molecular weight is 497 g/mol. The number of aromatic amines is 2. The number of ether oxygens (including phenoxy) is 2. The number of methoxy groups -OCH3 is 2. The van der Waals surface area contributed by atoms with E-state index in [4.69, 9.17) is 9.47 Å². The number of nitrogens with one attached hydrogen (secondary N) is 2. The Hall–Kier alpha value is -5.10. The molecule has 0 aliphatic carbocycles. The molecule has 0 bridgehead atoms. The highest BCUT2D eigenvalue weighted by Gasteiger charge is 2.13. The van der Waals surface area contributed by atoms with Gasteiger partial charge in [0.1, 0.15) is 11.5 Å². The van der Waals surface area contributed by atoms with E-state index in [1.807, 2.05) is 60.9 Å². The minimum Gasteiger partial charge on any atom is -0.496 e. The van der Waals surface area contributed by atoms with Crippen molar-refractivity contribution >= 4 is 65.4 Å².